The van der Waals surface area contributed by atoms with E-state index in [4.69, 9.17) is 12.2 Å². The lowest BCUT2D eigenvalue weighted by atomic mass is 10.1. The third kappa shape index (κ3) is 4.25. The smallest absolute Gasteiger partial charge is 0.171 e. The van der Waals surface area contributed by atoms with Gasteiger partial charge in [0.05, 0.1) is 0 Å². The zero-order valence-corrected chi connectivity index (χ0v) is 15.5. The molecule has 5 heteroatoms. The molecule has 1 aromatic heterocycles. The summed E-state index contributed by atoms with van der Waals surface area (Å²) < 4.78 is 2.06. The number of hydrogen-bond acceptors (Lipinski definition) is 2. The molecule has 0 fully saturated rings. The minimum atomic E-state index is 0.626. The second-order valence-electron chi connectivity index (χ2n) is 6.14. The minimum Gasteiger partial charge on any atom is -0.358 e. The summed E-state index contributed by atoms with van der Waals surface area (Å²) in [5.41, 5.74) is 5.74. The van der Waals surface area contributed by atoms with E-state index in [1.54, 1.807) is 0 Å². The van der Waals surface area contributed by atoms with Crippen LogP contribution in [0.3, 0.4) is 0 Å². The van der Waals surface area contributed by atoms with E-state index in [2.05, 4.69) is 76.5 Å². The Morgan fingerprint density at radius 2 is 1.84 bits per heavy atom. The van der Waals surface area contributed by atoms with Crippen LogP contribution in [0, 0.1) is 20.8 Å². The first-order valence-electron chi connectivity index (χ1n) is 8.24. The predicted octanol–water partition coefficient (Wildman–Crippen LogP) is 4.28. The van der Waals surface area contributed by atoms with E-state index in [0.29, 0.717) is 11.7 Å². The van der Waals surface area contributed by atoms with Gasteiger partial charge < -0.3 is 15.2 Å². The molecule has 0 bridgehead atoms. The molecule has 0 saturated carbocycles. The zero-order chi connectivity index (χ0) is 17.8. The van der Waals surface area contributed by atoms with Gasteiger partial charge in [-0.2, -0.15) is 0 Å². The molecule has 0 spiro atoms. The largest absolute Gasteiger partial charge is 0.358 e. The number of aryl methyl sites for hydroxylation is 3. The number of anilines is 1. The number of imidazole rings is 1. The number of rotatable bonds is 4. The van der Waals surface area contributed by atoms with Crippen LogP contribution in [0.15, 0.2) is 54.9 Å². The Hall–Kier alpha value is -2.66. The second-order valence-corrected chi connectivity index (χ2v) is 6.55. The van der Waals surface area contributed by atoms with Gasteiger partial charge in [0.15, 0.2) is 5.11 Å². The summed E-state index contributed by atoms with van der Waals surface area (Å²) >= 11 is 5.40. The molecule has 0 aliphatic carbocycles. The zero-order valence-electron chi connectivity index (χ0n) is 14.7. The van der Waals surface area contributed by atoms with Crippen LogP contribution in [0.1, 0.15) is 22.5 Å². The highest BCUT2D eigenvalue weighted by atomic mass is 32.1. The van der Waals surface area contributed by atoms with Crippen LogP contribution in [0.2, 0.25) is 0 Å². The van der Waals surface area contributed by atoms with Crippen molar-refractivity contribution in [1.82, 2.24) is 14.9 Å². The Bertz CT molecular complexity index is 881. The summed E-state index contributed by atoms with van der Waals surface area (Å²) in [6, 6.07) is 14.7. The van der Waals surface area contributed by atoms with Crippen LogP contribution < -0.4 is 10.6 Å². The molecule has 0 amide bonds. The van der Waals surface area contributed by atoms with Gasteiger partial charge in [0.25, 0.3) is 0 Å². The number of nitrogens with zero attached hydrogens (tertiary/aromatic N) is 2. The standard InChI is InChI=1S/C20H22N4S/c1-14-4-9-19(15(2)12-14)23-20(25)22-13-17-5-7-18(8-6-17)24-11-10-21-16(24)3/h4-12H,13H2,1-3H3,(H2,22,23,25). The monoisotopic (exact) mass is 350 g/mol. The van der Waals surface area contributed by atoms with E-state index >= 15 is 0 Å². The third-order valence-corrected chi connectivity index (χ3v) is 4.37. The third-order valence-electron chi connectivity index (χ3n) is 4.12. The average Bonchev–Trinajstić information content (AvgIpc) is 3.02. The summed E-state index contributed by atoms with van der Waals surface area (Å²) in [6.07, 6.45) is 3.77. The van der Waals surface area contributed by atoms with E-state index < -0.39 is 0 Å². The Balaban J connectivity index is 1.58. The van der Waals surface area contributed by atoms with Crippen molar-refractivity contribution in [3.63, 3.8) is 0 Å². The molecular weight excluding hydrogens is 328 g/mol. The van der Waals surface area contributed by atoms with Crippen molar-refractivity contribution >= 4 is 23.0 Å². The molecule has 0 radical (unpaired) electrons. The molecule has 2 aromatic carbocycles. The SMILES string of the molecule is Cc1ccc(NC(=S)NCc2ccc(-n3ccnc3C)cc2)c(C)c1. The summed E-state index contributed by atoms with van der Waals surface area (Å²) in [4.78, 5) is 4.25. The summed E-state index contributed by atoms with van der Waals surface area (Å²) in [5.74, 6) is 0.977. The van der Waals surface area contributed by atoms with Crippen molar-refractivity contribution in [3.05, 3.63) is 77.4 Å². The number of hydrogen-bond donors (Lipinski definition) is 2. The van der Waals surface area contributed by atoms with Crippen molar-refractivity contribution in [3.8, 4) is 5.69 Å². The molecule has 128 valence electrons. The van der Waals surface area contributed by atoms with E-state index in [9.17, 15) is 0 Å². The first-order chi connectivity index (χ1) is 12.0. The van der Waals surface area contributed by atoms with Crippen LogP contribution >= 0.6 is 12.2 Å². The van der Waals surface area contributed by atoms with Crippen molar-refractivity contribution in [1.29, 1.82) is 0 Å². The van der Waals surface area contributed by atoms with Gasteiger partial charge in [-0.25, -0.2) is 4.98 Å². The van der Waals surface area contributed by atoms with Gasteiger partial charge in [0.1, 0.15) is 5.82 Å². The summed E-state index contributed by atoms with van der Waals surface area (Å²) in [7, 11) is 0. The van der Waals surface area contributed by atoms with E-state index in [1.807, 2.05) is 19.3 Å². The normalized spacial score (nSPS) is 10.5. The predicted molar refractivity (Wildman–Crippen MR) is 107 cm³/mol. The highest BCUT2D eigenvalue weighted by Crippen LogP contribution is 2.16. The van der Waals surface area contributed by atoms with Crippen molar-refractivity contribution < 1.29 is 0 Å². The van der Waals surface area contributed by atoms with E-state index in [1.165, 1.54) is 16.7 Å². The van der Waals surface area contributed by atoms with Gasteiger partial charge in [-0.1, -0.05) is 29.8 Å². The van der Waals surface area contributed by atoms with Crippen molar-refractivity contribution in [2.45, 2.75) is 27.3 Å². The van der Waals surface area contributed by atoms with Gasteiger partial charge in [0, 0.05) is 30.3 Å². The van der Waals surface area contributed by atoms with Crippen LogP contribution in [-0.2, 0) is 6.54 Å². The molecule has 2 N–H and O–H groups in total. The number of benzene rings is 2. The molecule has 0 saturated heterocycles. The maximum absolute atomic E-state index is 5.40. The first-order valence-corrected chi connectivity index (χ1v) is 8.65. The van der Waals surface area contributed by atoms with Crippen LogP contribution in [0.5, 0.6) is 0 Å². The molecule has 1 heterocycles. The van der Waals surface area contributed by atoms with Gasteiger partial charge in [-0.3, -0.25) is 0 Å². The fourth-order valence-corrected chi connectivity index (χ4v) is 2.91. The molecule has 25 heavy (non-hydrogen) atoms. The second kappa shape index (κ2) is 7.49. The Morgan fingerprint density at radius 1 is 1.08 bits per heavy atom. The lowest BCUT2D eigenvalue weighted by Gasteiger charge is -2.13. The lowest BCUT2D eigenvalue weighted by Crippen LogP contribution is -2.28. The molecule has 3 rings (SSSR count). The quantitative estimate of drug-likeness (QED) is 0.689. The summed E-state index contributed by atoms with van der Waals surface area (Å²) in [6.45, 7) is 6.84. The average molecular weight is 350 g/mol. The topological polar surface area (TPSA) is 41.9 Å². The highest BCUT2D eigenvalue weighted by molar-refractivity contribution is 7.80. The van der Waals surface area contributed by atoms with Gasteiger partial charge in [0.2, 0.25) is 0 Å². The lowest BCUT2D eigenvalue weighted by molar-refractivity contribution is 0.919. The van der Waals surface area contributed by atoms with Crippen molar-refractivity contribution in [2.75, 3.05) is 5.32 Å². The van der Waals surface area contributed by atoms with Crippen LogP contribution in [-0.4, -0.2) is 14.7 Å². The van der Waals surface area contributed by atoms with Crippen LogP contribution in [0.25, 0.3) is 5.69 Å². The molecule has 3 aromatic rings. The van der Waals surface area contributed by atoms with Gasteiger partial charge >= 0.3 is 0 Å². The van der Waals surface area contributed by atoms with Gasteiger partial charge in [-0.15, -0.1) is 0 Å². The van der Waals surface area contributed by atoms with E-state index in [0.717, 1.165) is 17.2 Å². The minimum absolute atomic E-state index is 0.626. The molecule has 0 atom stereocenters. The molecule has 0 aliphatic rings. The highest BCUT2D eigenvalue weighted by Gasteiger charge is 2.03. The fourth-order valence-electron chi connectivity index (χ4n) is 2.73. The number of nitrogens with one attached hydrogen (secondary N) is 2. The Kier molecular flexibility index (Phi) is 5.14. The Morgan fingerprint density at radius 3 is 2.48 bits per heavy atom. The number of thiocarbonyl (C=S) groups is 1. The first kappa shape index (κ1) is 17.2. The molecule has 0 unspecified atom stereocenters. The summed E-state index contributed by atoms with van der Waals surface area (Å²) in [5, 5.41) is 7.14. The maximum atomic E-state index is 5.40. The molecule has 0 aliphatic heterocycles. The fraction of sp³-hybridized carbons (Fsp3) is 0.200. The maximum Gasteiger partial charge on any atom is 0.171 e. The van der Waals surface area contributed by atoms with Gasteiger partial charge in [-0.05, 0) is 62.3 Å². The van der Waals surface area contributed by atoms with Crippen LogP contribution in [0.4, 0.5) is 5.69 Å². The number of aromatic nitrogens is 2. The Labute approximate surface area is 153 Å². The molecule has 4 nitrogen and oxygen atoms in total. The molecular formula is C20H22N4S. The van der Waals surface area contributed by atoms with E-state index in [-0.39, 0.29) is 0 Å². The van der Waals surface area contributed by atoms with Crippen molar-refractivity contribution in [2.24, 2.45) is 0 Å².